The molecule has 31 heavy (non-hydrogen) atoms. The predicted octanol–water partition coefficient (Wildman–Crippen LogP) is 4.36. The maximum Gasteiger partial charge on any atom is 0.255 e. The molecule has 1 amide bonds. The summed E-state index contributed by atoms with van der Waals surface area (Å²) >= 11 is 0. The van der Waals surface area contributed by atoms with Gasteiger partial charge in [-0.3, -0.25) is 4.79 Å². The van der Waals surface area contributed by atoms with Crippen molar-refractivity contribution in [1.82, 2.24) is 0 Å². The van der Waals surface area contributed by atoms with Crippen LogP contribution in [0.4, 0.5) is 11.4 Å². The van der Waals surface area contributed by atoms with E-state index in [1.54, 1.807) is 19.2 Å². The lowest BCUT2D eigenvalue weighted by atomic mass is 10.1. The van der Waals surface area contributed by atoms with Crippen molar-refractivity contribution >= 4 is 17.3 Å². The number of hydrogen-bond donors (Lipinski definition) is 1. The molecule has 160 valence electrons. The van der Waals surface area contributed by atoms with E-state index in [0.717, 1.165) is 24.3 Å². The molecule has 1 aliphatic rings. The number of benzene rings is 3. The quantitative estimate of drug-likeness (QED) is 0.618. The molecule has 0 saturated carbocycles. The highest BCUT2D eigenvalue weighted by Crippen LogP contribution is 2.31. The highest BCUT2D eigenvalue weighted by atomic mass is 16.5. The van der Waals surface area contributed by atoms with Gasteiger partial charge in [-0.15, -0.1) is 0 Å². The minimum absolute atomic E-state index is 0.201. The number of amides is 1. The van der Waals surface area contributed by atoms with Gasteiger partial charge in [0, 0.05) is 24.7 Å². The van der Waals surface area contributed by atoms with Gasteiger partial charge in [0.15, 0.2) is 0 Å². The molecule has 0 aromatic heterocycles. The lowest BCUT2D eigenvalue weighted by Crippen LogP contribution is -2.36. The van der Waals surface area contributed by atoms with Gasteiger partial charge in [-0.05, 0) is 35.9 Å². The molecule has 6 nitrogen and oxygen atoms in total. The largest absolute Gasteiger partial charge is 0.497 e. The van der Waals surface area contributed by atoms with Crippen LogP contribution in [0.5, 0.6) is 11.5 Å². The second kappa shape index (κ2) is 10.00. The summed E-state index contributed by atoms with van der Waals surface area (Å²) in [5.41, 5.74) is 3.26. The molecular weight excluding hydrogens is 392 g/mol. The maximum absolute atomic E-state index is 13.0. The van der Waals surface area contributed by atoms with Crippen LogP contribution >= 0.6 is 0 Å². The number of nitrogens with one attached hydrogen (secondary N) is 1. The Morgan fingerprint density at radius 3 is 2.55 bits per heavy atom. The van der Waals surface area contributed by atoms with E-state index in [-0.39, 0.29) is 5.91 Å². The lowest BCUT2D eigenvalue weighted by molar-refractivity contribution is 0.102. The first kappa shape index (κ1) is 20.8. The summed E-state index contributed by atoms with van der Waals surface area (Å²) in [4.78, 5) is 15.2. The Kier molecular flexibility index (Phi) is 6.69. The normalized spacial score (nSPS) is 13.5. The third-order valence-electron chi connectivity index (χ3n) is 5.15. The van der Waals surface area contributed by atoms with Crippen LogP contribution in [-0.4, -0.2) is 39.3 Å². The van der Waals surface area contributed by atoms with E-state index >= 15 is 0 Å². The molecule has 3 aromatic carbocycles. The Balaban J connectivity index is 1.50. The second-order valence-electron chi connectivity index (χ2n) is 7.24. The summed E-state index contributed by atoms with van der Waals surface area (Å²) in [6.07, 6.45) is 0. The van der Waals surface area contributed by atoms with Crippen LogP contribution in [0, 0.1) is 0 Å². The van der Waals surface area contributed by atoms with Crippen molar-refractivity contribution in [3.63, 3.8) is 0 Å². The van der Waals surface area contributed by atoms with Crippen molar-refractivity contribution < 1.29 is 19.0 Å². The van der Waals surface area contributed by atoms with Crippen LogP contribution in [-0.2, 0) is 11.3 Å². The molecular formula is C25H26N2O4. The fourth-order valence-corrected chi connectivity index (χ4v) is 3.48. The fraction of sp³-hybridized carbons (Fsp3) is 0.240. The average molecular weight is 418 g/mol. The van der Waals surface area contributed by atoms with E-state index in [0.29, 0.717) is 42.6 Å². The molecule has 0 radical (unpaired) electrons. The summed E-state index contributed by atoms with van der Waals surface area (Å²) in [6.45, 7) is 3.33. The second-order valence-corrected chi connectivity index (χ2v) is 7.24. The van der Waals surface area contributed by atoms with Gasteiger partial charge in [0.05, 0.1) is 31.7 Å². The van der Waals surface area contributed by atoms with Gasteiger partial charge in [0.1, 0.15) is 18.1 Å². The lowest BCUT2D eigenvalue weighted by Gasteiger charge is -2.30. The number of methoxy groups -OCH3 is 1. The number of rotatable bonds is 7. The van der Waals surface area contributed by atoms with E-state index in [4.69, 9.17) is 14.2 Å². The zero-order valence-electron chi connectivity index (χ0n) is 17.5. The van der Waals surface area contributed by atoms with E-state index in [9.17, 15) is 4.79 Å². The third-order valence-corrected chi connectivity index (χ3v) is 5.15. The molecule has 0 atom stereocenters. The summed E-state index contributed by atoms with van der Waals surface area (Å²) in [5.74, 6) is 1.13. The monoisotopic (exact) mass is 418 g/mol. The standard InChI is InChI=1S/C25H26N2O4/c1-29-21-10-11-24(27-12-14-30-15-13-27)23(17-21)26-25(28)20-8-5-9-22(16-20)31-18-19-6-3-2-4-7-19/h2-11,16-17H,12-15,18H2,1H3,(H,26,28). The Bertz CT molecular complexity index is 1020. The predicted molar refractivity (Wildman–Crippen MR) is 121 cm³/mol. The van der Waals surface area contributed by atoms with E-state index in [1.807, 2.05) is 60.7 Å². The van der Waals surface area contributed by atoms with Crippen molar-refractivity contribution in [3.05, 3.63) is 83.9 Å². The molecule has 1 heterocycles. The van der Waals surface area contributed by atoms with E-state index in [2.05, 4.69) is 10.2 Å². The number of morpholine rings is 1. The zero-order chi connectivity index (χ0) is 21.5. The first-order chi connectivity index (χ1) is 15.2. The van der Waals surface area contributed by atoms with Crippen molar-refractivity contribution in [2.75, 3.05) is 43.6 Å². The van der Waals surface area contributed by atoms with Crippen LogP contribution in [0.2, 0.25) is 0 Å². The number of nitrogens with zero attached hydrogens (tertiary/aromatic N) is 1. The number of ether oxygens (including phenoxy) is 3. The smallest absolute Gasteiger partial charge is 0.255 e. The van der Waals surface area contributed by atoms with Crippen LogP contribution < -0.4 is 19.7 Å². The highest BCUT2D eigenvalue weighted by molar-refractivity contribution is 6.06. The topological polar surface area (TPSA) is 60.0 Å². The molecule has 3 aromatic rings. The Morgan fingerprint density at radius 2 is 1.77 bits per heavy atom. The van der Waals surface area contributed by atoms with Gasteiger partial charge in [-0.2, -0.15) is 0 Å². The third kappa shape index (κ3) is 5.35. The summed E-state index contributed by atoms with van der Waals surface area (Å²) in [7, 11) is 1.61. The molecule has 4 rings (SSSR count). The fourth-order valence-electron chi connectivity index (χ4n) is 3.48. The van der Waals surface area contributed by atoms with Crippen molar-refractivity contribution in [2.45, 2.75) is 6.61 Å². The minimum atomic E-state index is -0.201. The molecule has 0 aliphatic carbocycles. The van der Waals surface area contributed by atoms with E-state index < -0.39 is 0 Å². The zero-order valence-corrected chi connectivity index (χ0v) is 17.5. The molecule has 0 bridgehead atoms. The van der Waals surface area contributed by atoms with Gasteiger partial charge in [-0.1, -0.05) is 36.4 Å². The van der Waals surface area contributed by atoms with Gasteiger partial charge >= 0.3 is 0 Å². The number of carbonyl (C=O) groups excluding carboxylic acids is 1. The summed E-state index contributed by atoms with van der Waals surface area (Å²) in [6, 6.07) is 22.9. The SMILES string of the molecule is COc1ccc(N2CCOCC2)c(NC(=O)c2cccc(OCc3ccccc3)c2)c1. The molecule has 6 heteroatoms. The van der Waals surface area contributed by atoms with Crippen molar-refractivity contribution in [3.8, 4) is 11.5 Å². The Labute approximate surface area is 182 Å². The van der Waals surface area contributed by atoms with Gasteiger partial charge in [-0.25, -0.2) is 0 Å². The van der Waals surface area contributed by atoms with Crippen molar-refractivity contribution in [2.24, 2.45) is 0 Å². The number of anilines is 2. The van der Waals surface area contributed by atoms with Gasteiger partial charge in [0.25, 0.3) is 5.91 Å². The number of carbonyl (C=O) groups is 1. The minimum Gasteiger partial charge on any atom is -0.497 e. The molecule has 1 saturated heterocycles. The van der Waals surface area contributed by atoms with Crippen molar-refractivity contribution in [1.29, 1.82) is 0 Å². The summed E-state index contributed by atoms with van der Waals surface area (Å²) in [5, 5.41) is 3.04. The van der Waals surface area contributed by atoms with Crippen LogP contribution in [0.3, 0.4) is 0 Å². The Morgan fingerprint density at radius 1 is 0.968 bits per heavy atom. The van der Waals surface area contributed by atoms with Gasteiger partial charge in [0.2, 0.25) is 0 Å². The maximum atomic E-state index is 13.0. The Hall–Kier alpha value is -3.51. The summed E-state index contributed by atoms with van der Waals surface area (Å²) < 4.78 is 16.7. The molecule has 1 aliphatic heterocycles. The van der Waals surface area contributed by atoms with Crippen LogP contribution in [0.15, 0.2) is 72.8 Å². The number of hydrogen-bond acceptors (Lipinski definition) is 5. The molecule has 0 spiro atoms. The average Bonchev–Trinajstić information content (AvgIpc) is 2.84. The van der Waals surface area contributed by atoms with Gasteiger partial charge < -0.3 is 24.4 Å². The first-order valence-electron chi connectivity index (χ1n) is 10.3. The highest BCUT2D eigenvalue weighted by Gasteiger charge is 2.18. The molecule has 1 fully saturated rings. The van der Waals surface area contributed by atoms with Crippen LogP contribution in [0.25, 0.3) is 0 Å². The van der Waals surface area contributed by atoms with Crippen LogP contribution in [0.1, 0.15) is 15.9 Å². The molecule has 0 unspecified atom stereocenters. The molecule has 1 N–H and O–H groups in total. The van der Waals surface area contributed by atoms with E-state index in [1.165, 1.54) is 0 Å². The first-order valence-corrected chi connectivity index (χ1v) is 10.3.